The highest BCUT2D eigenvalue weighted by molar-refractivity contribution is 5.68. The Morgan fingerprint density at radius 3 is 2.60 bits per heavy atom. The number of hydrogen-bond donors (Lipinski definition) is 0. The number of terminal acetylenes is 1. The molecular weight excluding hydrogens is 258 g/mol. The van der Waals surface area contributed by atoms with Gasteiger partial charge in [-0.1, -0.05) is 5.92 Å². The molecule has 1 spiro atoms. The van der Waals surface area contributed by atoms with Crippen LogP contribution in [0, 0.1) is 12.3 Å². The van der Waals surface area contributed by atoms with Gasteiger partial charge in [0.05, 0.1) is 18.7 Å². The molecule has 2 rings (SSSR count). The van der Waals surface area contributed by atoms with Gasteiger partial charge >= 0.3 is 6.09 Å². The van der Waals surface area contributed by atoms with E-state index in [0.29, 0.717) is 26.3 Å². The third-order valence-electron chi connectivity index (χ3n) is 3.50. The summed E-state index contributed by atoms with van der Waals surface area (Å²) in [6, 6.07) is 0. The zero-order valence-corrected chi connectivity index (χ0v) is 12.5. The van der Waals surface area contributed by atoms with Gasteiger partial charge in [0.15, 0.2) is 0 Å². The van der Waals surface area contributed by atoms with Crippen molar-refractivity contribution in [3.63, 3.8) is 0 Å². The van der Waals surface area contributed by atoms with E-state index in [2.05, 4.69) is 5.92 Å². The molecule has 2 heterocycles. The zero-order chi connectivity index (χ0) is 14.8. The van der Waals surface area contributed by atoms with Crippen LogP contribution in [0.4, 0.5) is 4.79 Å². The first kappa shape index (κ1) is 15.1. The number of ether oxygens (including phenoxy) is 3. The van der Waals surface area contributed by atoms with E-state index in [1.165, 1.54) is 0 Å². The molecule has 0 bridgehead atoms. The van der Waals surface area contributed by atoms with Gasteiger partial charge in [-0.05, 0) is 20.8 Å². The van der Waals surface area contributed by atoms with Gasteiger partial charge in [-0.3, -0.25) is 0 Å². The molecule has 2 fully saturated rings. The van der Waals surface area contributed by atoms with Crippen LogP contribution in [0.5, 0.6) is 0 Å². The van der Waals surface area contributed by atoms with Gasteiger partial charge in [0.2, 0.25) is 0 Å². The Balaban J connectivity index is 2.09. The number of amides is 1. The van der Waals surface area contributed by atoms with Gasteiger partial charge in [0.1, 0.15) is 11.7 Å². The van der Waals surface area contributed by atoms with E-state index in [1.54, 1.807) is 4.90 Å². The van der Waals surface area contributed by atoms with Gasteiger partial charge < -0.3 is 19.1 Å². The molecule has 0 aromatic rings. The van der Waals surface area contributed by atoms with Crippen LogP contribution in [0.1, 0.15) is 33.6 Å². The first-order valence-electron chi connectivity index (χ1n) is 7.03. The molecule has 0 saturated carbocycles. The monoisotopic (exact) mass is 281 g/mol. The van der Waals surface area contributed by atoms with Gasteiger partial charge in [0, 0.05) is 26.1 Å². The summed E-state index contributed by atoms with van der Waals surface area (Å²) in [4.78, 5) is 13.9. The molecule has 5 nitrogen and oxygen atoms in total. The quantitative estimate of drug-likeness (QED) is 0.635. The minimum absolute atomic E-state index is 0.327. The fraction of sp³-hybridized carbons (Fsp3) is 0.800. The lowest BCUT2D eigenvalue weighted by molar-refractivity contribution is -0.170. The molecule has 5 heteroatoms. The van der Waals surface area contributed by atoms with E-state index >= 15 is 0 Å². The van der Waals surface area contributed by atoms with Crippen molar-refractivity contribution in [2.24, 2.45) is 0 Å². The molecular formula is C15H23NO4. The molecule has 1 amide bonds. The van der Waals surface area contributed by atoms with Crippen molar-refractivity contribution < 1.29 is 19.0 Å². The molecule has 0 aromatic heterocycles. The van der Waals surface area contributed by atoms with Crippen LogP contribution >= 0.6 is 0 Å². The lowest BCUT2D eigenvalue weighted by atomic mass is 9.91. The van der Waals surface area contributed by atoms with Crippen molar-refractivity contribution in [3.8, 4) is 12.3 Å². The molecule has 20 heavy (non-hydrogen) atoms. The maximum Gasteiger partial charge on any atom is 0.410 e. The Hall–Kier alpha value is -1.25. The average molecular weight is 281 g/mol. The molecule has 0 aliphatic carbocycles. The summed E-state index contributed by atoms with van der Waals surface area (Å²) in [6.07, 6.45) is 6.30. The molecule has 0 radical (unpaired) electrons. The smallest absolute Gasteiger partial charge is 0.410 e. The van der Waals surface area contributed by atoms with Gasteiger partial charge in [-0.15, -0.1) is 6.42 Å². The second-order valence-corrected chi connectivity index (χ2v) is 6.43. The average Bonchev–Trinajstić information content (AvgIpc) is 2.37. The summed E-state index contributed by atoms with van der Waals surface area (Å²) in [5, 5.41) is 0. The summed E-state index contributed by atoms with van der Waals surface area (Å²) in [7, 11) is 0. The SMILES string of the molecule is C#C[C@@H]1CN(C(=O)OC(C)(C)C)CC2(CCOCC2)O1. The highest BCUT2D eigenvalue weighted by Gasteiger charge is 2.43. The Bertz CT molecular complexity index is 401. The highest BCUT2D eigenvalue weighted by Crippen LogP contribution is 2.32. The lowest BCUT2D eigenvalue weighted by Crippen LogP contribution is -2.59. The standard InChI is InChI=1S/C15H23NO4/c1-5-12-10-16(13(17)20-14(2,3)4)11-15(19-12)6-8-18-9-7-15/h1,12H,6-11H2,2-4H3/t12-/m1/s1. The lowest BCUT2D eigenvalue weighted by Gasteiger charge is -2.46. The maximum atomic E-state index is 12.2. The second kappa shape index (κ2) is 5.63. The van der Waals surface area contributed by atoms with Crippen LogP contribution in [0.2, 0.25) is 0 Å². The number of hydrogen-bond acceptors (Lipinski definition) is 4. The topological polar surface area (TPSA) is 48.0 Å². The Morgan fingerprint density at radius 1 is 1.40 bits per heavy atom. The summed E-state index contributed by atoms with van der Waals surface area (Å²) in [5.41, 5.74) is -0.895. The van der Waals surface area contributed by atoms with Crippen molar-refractivity contribution in [3.05, 3.63) is 0 Å². The minimum Gasteiger partial charge on any atom is -0.444 e. The zero-order valence-electron chi connectivity index (χ0n) is 12.5. The third kappa shape index (κ3) is 3.65. The number of carbonyl (C=O) groups is 1. The molecule has 1 atom stereocenters. The minimum atomic E-state index is -0.510. The predicted octanol–water partition coefficient (Wildman–Crippen LogP) is 1.80. The van der Waals surface area contributed by atoms with E-state index in [1.807, 2.05) is 20.8 Å². The van der Waals surface area contributed by atoms with E-state index in [-0.39, 0.29) is 17.8 Å². The van der Waals surface area contributed by atoms with Crippen LogP contribution in [-0.2, 0) is 14.2 Å². The molecule has 112 valence electrons. The van der Waals surface area contributed by atoms with E-state index < -0.39 is 5.60 Å². The van der Waals surface area contributed by atoms with E-state index in [0.717, 1.165) is 12.8 Å². The second-order valence-electron chi connectivity index (χ2n) is 6.43. The number of morpholine rings is 1. The third-order valence-corrected chi connectivity index (χ3v) is 3.50. The summed E-state index contributed by atoms with van der Waals surface area (Å²) < 4.78 is 16.8. The highest BCUT2D eigenvalue weighted by atomic mass is 16.6. The fourth-order valence-corrected chi connectivity index (χ4v) is 2.56. The van der Waals surface area contributed by atoms with E-state index in [4.69, 9.17) is 20.6 Å². The van der Waals surface area contributed by atoms with Crippen molar-refractivity contribution >= 4 is 6.09 Å². The Kier molecular flexibility index (Phi) is 4.26. The first-order chi connectivity index (χ1) is 9.34. The van der Waals surface area contributed by atoms with Crippen molar-refractivity contribution in [2.75, 3.05) is 26.3 Å². The number of carbonyl (C=O) groups excluding carboxylic acids is 1. The van der Waals surface area contributed by atoms with Crippen LogP contribution in [0.3, 0.4) is 0 Å². The fourth-order valence-electron chi connectivity index (χ4n) is 2.56. The van der Waals surface area contributed by atoms with Crippen LogP contribution < -0.4 is 0 Å². The first-order valence-corrected chi connectivity index (χ1v) is 7.03. The molecule has 2 aliphatic heterocycles. The van der Waals surface area contributed by atoms with Gasteiger partial charge in [-0.2, -0.15) is 0 Å². The van der Waals surface area contributed by atoms with Gasteiger partial charge in [0.25, 0.3) is 0 Å². The number of rotatable bonds is 0. The summed E-state index contributed by atoms with van der Waals surface area (Å²) >= 11 is 0. The largest absolute Gasteiger partial charge is 0.444 e. The summed E-state index contributed by atoms with van der Waals surface area (Å²) in [6.45, 7) is 7.74. The normalized spacial score (nSPS) is 26.1. The molecule has 0 aromatic carbocycles. The Morgan fingerprint density at radius 2 is 2.05 bits per heavy atom. The molecule has 0 unspecified atom stereocenters. The molecule has 0 N–H and O–H groups in total. The van der Waals surface area contributed by atoms with Crippen LogP contribution in [0.25, 0.3) is 0 Å². The van der Waals surface area contributed by atoms with Crippen LogP contribution in [-0.4, -0.2) is 54.6 Å². The van der Waals surface area contributed by atoms with Crippen molar-refractivity contribution in [2.45, 2.75) is 50.9 Å². The Labute approximate surface area is 120 Å². The number of nitrogens with zero attached hydrogens (tertiary/aromatic N) is 1. The summed E-state index contributed by atoms with van der Waals surface area (Å²) in [5.74, 6) is 2.61. The van der Waals surface area contributed by atoms with E-state index in [9.17, 15) is 4.79 Å². The molecule has 2 saturated heterocycles. The predicted molar refractivity (Wildman–Crippen MR) is 74.3 cm³/mol. The van der Waals surface area contributed by atoms with Crippen molar-refractivity contribution in [1.29, 1.82) is 0 Å². The molecule has 2 aliphatic rings. The van der Waals surface area contributed by atoms with Gasteiger partial charge in [-0.25, -0.2) is 4.79 Å². The van der Waals surface area contributed by atoms with Crippen molar-refractivity contribution in [1.82, 2.24) is 4.90 Å². The van der Waals surface area contributed by atoms with Crippen LogP contribution in [0.15, 0.2) is 0 Å². The maximum absolute atomic E-state index is 12.2.